The van der Waals surface area contributed by atoms with Gasteiger partial charge in [-0.25, -0.2) is 0 Å². The molecular weight excluding hydrogens is 370 g/mol. The smallest absolute Gasteiger partial charge is 0.252 e. The molecule has 0 radical (unpaired) electrons. The molecule has 1 aliphatic heterocycles. The van der Waals surface area contributed by atoms with Gasteiger partial charge in [-0.05, 0) is 29.0 Å². The molecule has 3 N–H and O–H groups in total. The summed E-state index contributed by atoms with van der Waals surface area (Å²) in [6.07, 6.45) is 0.819. The molecule has 2 heterocycles. The predicted molar refractivity (Wildman–Crippen MR) is 107 cm³/mol. The number of ether oxygens (including phenoxy) is 2. The number of H-pyrrole nitrogens is 1. The minimum atomic E-state index is -0.845. The van der Waals surface area contributed by atoms with Gasteiger partial charge >= 0.3 is 0 Å². The van der Waals surface area contributed by atoms with E-state index in [2.05, 4.69) is 4.98 Å². The first-order valence-corrected chi connectivity index (χ1v) is 9.29. The molecule has 0 amide bonds. The number of fused-ring (bicyclic) bond motifs is 1. The van der Waals surface area contributed by atoms with Crippen LogP contribution >= 0.6 is 0 Å². The van der Waals surface area contributed by atoms with Gasteiger partial charge in [0.25, 0.3) is 5.56 Å². The molecule has 4 rings (SSSR count). The molecule has 0 fully saturated rings. The summed E-state index contributed by atoms with van der Waals surface area (Å²) in [5.41, 5.74) is 6.69. The lowest BCUT2D eigenvalue weighted by atomic mass is 9.70. The molecule has 0 spiro atoms. The van der Waals surface area contributed by atoms with Crippen molar-refractivity contribution in [1.29, 1.82) is 5.26 Å². The van der Waals surface area contributed by atoms with Gasteiger partial charge in [0.1, 0.15) is 23.2 Å². The van der Waals surface area contributed by atoms with Crippen LogP contribution in [0.5, 0.6) is 5.75 Å². The number of hydrogen-bond donors (Lipinski definition) is 2. The van der Waals surface area contributed by atoms with E-state index in [1.165, 1.54) is 0 Å². The Balaban J connectivity index is 1.95. The molecule has 29 heavy (non-hydrogen) atoms. The Bertz CT molecular complexity index is 1210. The number of aromatic amines is 1. The van der Waals surface area contributed by atoms with E-state index < -0.39 is 5.92 Å². The molecule has 2 aliphatic rings. The first-order chi connectivity index (χ1) is 13.7. The molecule has 1 aromatic heterocycles. The lowest BCUT2D eigenvalue weighted by molar-refractivity contribution is -0.119. The maximum Gasteiger partial charge on any atom is 0.252 e. The Morgan fingerprint density at radius 2 is 2.03 bits per heavy atom. The second kappa shape index (κ2) is 6.52. The highest BCUT2D eigenvalue weighted by molar-refractivity contribution is 6.00. The van der Waals surface area contributed by atoms with Gasteiger partial charge < -0.3 is 20.2 Å². The third-order valence-electron chi connectivity index (χ3n) is 5.47. The average Bonchev–Trinajstić information content (AvgIpc) is 2.65. The molecule has 0 saturated carbocycles. The van der Waals surface area contributed by atoms with E-state index in [4.69, 9.17) is 15.2 Å². The molecule has 1 aliphatic carbocycles. The van der Waals surface area contributed by atoms with Gasteiger partial charge in [-0.2, -0.15) is 5.26 Å². The number of rotatable bonds is 2. The lowest BCUT2D eigenvalue weighted by Gasteiger charge is -2.37. The minimum Gasteiger partial charge on any atom is -0.497 e. The van der Waals surface area contributed by atoms with E-state index in [9.17, 15) is 14.9 Å². The summed E-state index contributed by atoms with van der Waals surface area (Å²) in [7, 11) is 1.55. The number of aromatic nitrogens is 1. The number of Topliss-reactive ketones (excluding diaryl/α,β-unsaturated/α-hetero) is 1. The first kappa shape index (κ1) is 18.8. The number of nitrogens with one attached hydrogen (secondary N) is 1. The number of nitriles is 1. The van der Waals surface area contributed by atoms with Gasteiger partial charge in [0.2, 0.25) is 5.88 Å². The van der Waals surface area contributed by atoms with E-state index in [-0.39, 0.29) is 28.2 Å². The van der Waals surface area contributed by atoms with Crippen LogP contribution in [0.1, 0.15) is 38.2 Å². The molecule has 1 atom stereocenters. The maximum atomic E-state index is 13.0. The van der Waals surface area contributed by atoms with Crippen LogP contribution in [0.2, 0.25) is 0 Å². The lowest BCUT2D eigenvalue weighted by Crippen LogP contribution is -2.35. The zero-order valence-corrected chi connectivity index (χ0v) is 16.5. The molecule has 0 bridgehead atoms. The highest BCUT2D eigenvalue weighted by Crippen LogP contribution is 2.47. The van der Waals surface area contributed by atoms with Gasteiger partial charge in [0.15, 0.2) is 5.78 Å². The number of hydrogen-bond acceptors (Lipinski definition) is 6. The fraction of sp³-hybridized carbons (Fsp3) is 0.318. The standard InChI is InChI=1S/C22H21N3O4/c1-22(2)8-16(26)19-17(9-22)29-20(24)14(10-23)18(19)13-6-11-4-5-12(28-3)7-15(11)25-21(13)27/h4-7,18H,8-9,24H2,1-3H3,(H,25,27)/t18-/m0/s1. The van der Waals surface area contributed by atoms with Crippen molar-refractivity contribution < 1.29 is 14.3 Å². The number of carbonyl (C=O) groups is 1. The quantitative estimate of drug-likeness (QED) is 0.812. The molecule has 7 heteroatoms. The van der Waals surface area contributed by atoms with E-state index in [1.807, 2.05) is 26.0 Å². The maximum absolute atomic E-state index is 13.0. The number of nitrogens with zero attached hydrogens (tertiary/aromatic N) is 1. The molecule has 0 unspecified atom stereocenters. The van der Waals surface area contributed by atoms with Crippen LogP contribution in [0.3, 0.4) is 0 Å². The highest BCUT2D eigenvalue weighted by Gasteiger charge is 2.43. The van der Waals surface area contributed by atoms with Gasteiger partial charge in [-0.15, -0.1) is 0 Å². The Morgan fingerprint density at radius 3 is 2.72 bits per heavy atom. The summed E-state index contributed by atoms with van der Waals surface area (Å²) in [6, 6.07) is 9.06. The monoisotopic (exact) mass is 391 g/mol. The third kappa shape index (κ3) is 3.07. The van der Waals surface area contributed by atoms with Crippen molar-refractivity contribution in [1.82, 2.24) is 4.98 Å². The summed E-state index contributed by atoms with van der Waals surface area (Å²) in [5, 5.41) is 10.5. The van der Waals surface area contributed by atoms with Gasteiger partial charge in [-0.3, -0.25) is 9.59 Å². The van der Waals surface area contributed by atoms with Gasteiger partial charge in [0, 0.05) is 30.0 Å². The van der Waals surface area contributed by atoms with Crippen LogP contribution < -0.4 is 16.0 Å². The number of methoxy groups -OCH3 is 1. The number of carbonyl (C=O) groups excluding carboxylic acids is 1. The summed E-state index contributed by atoms with van der Waals surface area (Å²) in [6.45, 7) is 3.95. The summed E-state index contributed by atoms with van der Waals surface area (Å²) in [5.74, 6) is 0.0276. The average molecular weight is 391 g/mol. The SMILES string of the molecule is COc1ccc2cc([C@H]3C(C#N)=C(N)OC4=C3C(=O)CC(C)(C)C4)c(=O)[nH]c2c1. The minimum absolute atomic E-state index is 0.0593. The molecule has 1 aromatic carbocycles. The number of benzene rings is 1. The number of allylic oxidation sites excluding steroid dienone is 3. The molecular formula is C22H21N3O4. The van der Waals surface area contributed by atoms with E-state index >= 15 is 0 Å². The molecule has 148 valence electrons. The molecule has 7 nitrogen and oxygen atoms in total. The van der Waals surface area contributed by atoms with Crippen molar-refractivity contribution in [3.63, 3.8) is 0 Å². The van der Waals surface area contributed by atoms with Crippen molar-refractivity contribution in [2.45, 2.75) is 32.6 Å². The fourth-order valence-electron chi connectivity index (χ4n) is 4.13. The van der Waals surface area contributed by atoms with Crippen LogP contribution in [0.25, 0.3) is 10.9 Å². The van der Waals surface area contributed by atoms with E-state index in [0.29, 0.717) is 41.0 Å². The second-order valence-electron chi connectivity index (χ2n) is 8.21. The first-order valence-electron chi connectivity index (χ1n) is 9.29. The Hall–Kier alpha value is -3.53. The van der Waals surface area contributed by atoms with Crippen LogP contribution in [0.15, 0.2) is 51.8 Å². The third-order valence-corrected chi connectivity index (χ3v) is 5.47. The van der Waals surface area contributed by atoms with Crippen molar-refractivity contribution >= 4 is 16.7 Å². The Morgan fingerprint density at radius 1 is 1.28 bits per heavy atom. The van der Waals surface area contributed by atoms with Crippen LogP contribution in [-0.4, -0.2) is 17.9 Å². The molecule has 2 aromatic rings. The zero-order chi connectivity index (χ0) is 20.9. The van der Waals surface area contributed by atoms with Crippen LogP contribution in [-0.2, 0) is 9.53 Å². The fourth-order valence-corrected chi connectivity index (χ4v) is 4.13. The van der Waals surface area contributed by atoms with E-state index in [0.717, 1.165) is 5.39 Å². The van der Waals surface area contributed by atoms with Crippen molar-refractivity contribution in [2.24, 2.45) is 11.1 Å². The number of nitrogens with two attached hydrogens (primary N) is 1. The zero-order valence-electron chi connectivity index (χ0n) is 16.5. The second-order valence-corrected chi connectivity index (χ2v) is 8.21. The Kier molecular flexibility index (Phi) is 4.23. The topological polar surface area (TPSA) is 118 Å². The summed E-state index contributed by atoms with van der Waals surface area (Å²) < 4.78 is 10.9. The van der Waals surface area contributed by atoms with Crippen LogP contribution in [0, 0.1) is 16.7 Å². The van der Waals surface area contributed by atoms with Gasteiger partial charge in [-0.1, -0.05) is 13.8 Å². The summed E-state index contributed by atoms with van der Waals surface area (Å²) in [4.78, 5) is 28.8. The largest absolute Gasteiger partial charge is 0.497 e. The molecule has 0 saturated heterocycles. The van der Waals surface area contributed by atoms with Gasteiger partial charge in [0.05, 0.1) is 18.5 Å². The van der Waals surface area contributed by atoms with Crippen molar-refractivity contribution in [3.8, 4) is 11.8 Å². The van der Waals surface area contributed by atoms with Crippen molar-refractivity contribution in [2.75, 3.05) is 7.11 Å². The highest BCUT2D eigenvalue weighted by atomic mass is 16.5. The number of ketones is 1. The Labute approximate surface area is 167 Å². The summed E-state index contributed by atoms with van der Waals surface area (Å²) >= 11 is 0. The normalized spacial score (nSPS) is 20.9. The van der Waals surface area contributed by atoms with Crippen molar-refractivity contribution in [3.05, 3.63) is 63.0 Å². The van der Waals surface area contributed by atoms with Crippen LogP contribution in [0.4, 0.5) is 0 Å². The predicted octanol–water partition coefficient (Wildman–Crippen LogP) is 2.99. The van der Waals surface area contributed by atoms with E-state index in [1.54, 1.807) is 25.3 Å². The number of pyridine rings is 1.